The van der Waals surface area contributed by atoms with Crippen molar-refractivity contribution in [3.8, 4) is 0 Å². The van der Waals surface area contributed by atoms with E-state index in [2.05, 4.69) is 4.98 Å². The van der Waals surface area contributed by atoms with Crippen LogP contribution in [0.4, 0.5) is 0 Å². The maximum absolute atomic E-state index is 12.0. The summed E-state index contributed by atoms with van der Waals surface area (Å²) < 4.78 is 5.20. The van der Waals surface area contributed by atoms with Gasteiger partial charge >= 0.3 is 17.9 Å². The highest BCUT2D eigenvalue weighted by atomic mass is 16.6. The first-order valence-electron chi connectivity index (χ1n) is 6.42. The molecule has 0 fully saturated rings. The van der Waals surface area contributed by atoms with Crippen LogP contribution >= 0.6 is 0 Å². The number of carbonyl (C=O) groups excluding carboxylic acids is 1. The molecule has 0 saturated carbocycles. The van der Waals surface area contributed by atoms with Gasteiger partial charge in [0.15, 0.2) is 0 Å². The smallest absolute Gasteiger partial charge is 0.355 e. The molecule has 1 aromatic rings. The molecular weight excluding hydrogens is 278 g/mol. The third-order valence-electron chi connectivity index (χ3n) is 2.73. The average molecular weight is 297 g/mol. The first-order valence-corrected chi connectivity index (χ1v) is 6.42. The van der Waals surface area contributed by atoms with Crippen molar-refractivity contribution >= 4 is 17.9 Å². The van der Waals surface area contributed by atoms with Crippen molar-refractivity contribution < 1.29 is 29.3 Å². The van der Waals surface area contributed by atoms with Crippen LogP contribution < -0.4 is 0 Å². The highest BCUT2D eigenvalue weighted by Gasteiger charge is 2.27. The quantitative estimate of drug-likeness (QED) is 0.715. The van der Waals surface area contributed by atoms with Gasteiger partial charge in [-0.2, -0.15) is 0 Å². The Bertz CT molecular complexity index is 579. The minimum atomic E-state index is -1.21. The number of aromatic amines is 1. The summed E-state index contributed by atoms with van der Waals surface area (Å²) in [5, 5.41) is 17.9. The van der Waals surface area contributed by atoms with Gasteiger partial charge < -0.3 is 19.9 Å². The maximum Gasteiger partial charge on any atom is 0.355 e. The minimum Gasteiger partial charge on any atom is -0.481 e. The molecule has 0 saturated heterocycles. The normalized spacial score (nSPS) is 11.2. The summed E-state index contributed by atoms with van der Waals surface area (Å²) in [7, 11) is 0. The highest BCUT2D eigenvalue weighted by Crippen LogP contribution is 2.22. The van der Waals surface area contributed by atoms with E-state index < -0.39 is 23.5 Å². The number of hydrogen-bond donors (Lipinski definition) is 3. The number of carboxylic acid groups (broad SMARTS) is 2. The van der Waals surface area contributed by atoms with Crippen molar-refractivity contribution in [3.63, 3.8) is 0 Å². The van der Waals surface area contributed by atoms with Gasteiger partial charge in [0.2, 0.25) is 0 Å². The number of ether oxygens (including phenoxy) is 1. The summed E-state index contributed by atoms with van der Waals surface area (Å²) in [6, 6.07) is 0. The molecule has 1 heterocycles. The molecule has 0 radical (unpaired) electrons. The summed E-state index contributed by atoms with van der Waals surface area (Å²) in [6.07, 6.45) is -0.228. The van der Waals surface area contributed by atoms with E-state index in [0.29, 0.717) is 0 Å². The van der Waals surface area contributed by atoms with Crippen molar-refractivity contribution in [3.05, 3.63) is 22.5 Å². The van der Waals surface area contributed by atoms with Crippen molar-refractivity contribution in [2.75, 3.05) is 0 Å². The molecule has 3 N–H and O–H groups in total. The first kappa shape index (κ1) is 16.7. The van der Waals surface area contributed by atoms with Gasteiger partial charge in [0.1, 0.15) is 11.3 Å². The van der Waals surface area contributed by atoms with E-state index in [4.69, 9.17) is 9.84 Å². The van der Waals surface area contributed by atoms with Crippen LogP contribution in [0.1, 0.15) is 59.3 Å². The van der Waals surface area contributed by atoms with E-state index in [1.807, 2.05) is 0 Å². The van der Waals surface area contributed by atoms with E-state index in [9.17, 15) is 19.5 Å². The Morgan fingerprint density at radius 3 is 2.19 bits per heavy atom. The van der Waals surface area contributed by atoms with Crippen LogP contribution in [0.5, 0.6) is 0 Å². The largest absolute Gasteiger partial charge is 0.481 e. The number of aromatic nitrogens is 1. The first-order chi connectivity index (χ1) is 9.53. The second kappa shape index (κ2) is 5.99. The minimum absolute atomic E-state index is 0.000600. The number of aromatic carboxylic acids is 1. The zero-order chi connectivity index (χ0) is 16.4. The molecule has 1 rings (SSSR count). The lowest BCUT2D eigenvalue weighted by molar-refractivity contribution is -0.137. The molecule has 0 atom stereocenters. The van der Waals surface area contributed by atoms with Crippen LogP contribution in [0.2, 0.25) is 0 Å². The molecule has 0 spiro atoms. The molecule has 0 aliphatic heterocycles. The van der Waals surface area contributed by atoms with Crippen molar-refractivity contribution in [1.82, 2.24) is 4.98 Å². The lowest BCUT2D eigenvalue weighted by atomic mass is 10.1. The Labute approximate surface area is 121 Å². The topological polar surface area (TPSA) is 117 Å². The fourth-order valence-electron chi connectivity index (χ4n) is 1.90. The van der Waals surface area contributed by atoms with Crippen molar-refractivity contribution in [1.29, 1.82) is 0 Å². The standard InChI is InChI=1S/C14H19NO6/c1-7-10(12(18)19)8(5-6-9(16)17)15-11(7)13(20)21-14(2,3)4/h15H,5-6H2,1-4H3,(H,16,17)(H,18,19). The highest BCUT2D eigenvalue weighted by molar-refractivity contribution is 5.98. The maximum atomic E-state index is 12.0. The van der Waals surface area contributed by atoms with Gasteiger partial charge in [-0.1, -0.05) is 0 Å². The number of esters is 1. The predicted octanol–water partition coefficient (Wildman–Crippen LogP) is 1.99. The summed E-state index contributed by atoms with van der Waals surface area (Å²) in [5.41, 5.74) is -0.278. The Morgan fingerprint density at radius 2 is 1.76 bits per heavy atom. The number of aryl methyl sites for hydroxylation is 1. The number of hydrogen-bond acceptors (Lipinski definition) is 4. The van der Waals surface area contributed by atoms with E-state index in [-0.39, 0.29) is 35.4 Å². The zero-order valence-corrected chi connectivity index (χ0v) is 12.4. The van der Waals surface area contributed by atoms with Gasteiger partial charge in [0, 0.05) is 5.69 Å². The summed E-state index contributed by atoms with van der Waals surface area (Å²) in [5.74, 6) is -2.92. The van der Waals surface area contributed by atoms with Gasteiger partial charge in [-0.15, -0.1) is 0 Å². The molecular formula is C14H19NO6. The lowest BCUT2D eigenvalue weighted by Gasteiger charge is -2.19. The molecule has 7 heteroatoms. The SMILES string of the molecule is Cc1c(C(=O)OC(C)(C)C)[nH]c(CCC(=O)O)c1C(=O)O. The lowest BCUT2D eigenvalue weighted by Crippen LogP contribution is -2.24. The van der Waals surface area contributed by atoms with Crippen LogP contribution in [-0.2, 0) is 16.0 Å². The van der Waals surface area contributed by atoms with Gasteiger partial charge in [-0.3, -0.25) is 4.79 Å². The number of rotatable bonds is 5. The molecule has 1 aromatic heterocycles. The number of nitrogens with one attached hydrogen (secondary N) is 1. The molecule has 0 aliphatic rings. The fraction of sp³-hybridized carbons (Fsp3) is 0.500. The van der Waals surface area contributed by atoms with Crippen LogP contribution in [-0.4, -0.2) is 38.7 Å². The summed E-state index contributed by atoms with van der Waals surface area (Å²) in [6.45, 7) is 6.59. The summed E-state index contributed by atoms with van der Waals surface area (Å²) in [4.78, 5) is 36.6. The predicted molar refractivity (Wildman–Crippen MR) is 73.6 cm³/mol. The van der Waals surface area contributed by atoms with Crippen LogP contribution in [0.3, 0.4) is 0 Å². The summed E-state index contributed by atoms with van der Waals surface area (Å²) >= 11 is 0. The van der Waals surface area contributed by atoms with Gasteiger partial charge in [0.05, 0.1) is 12.0 Å². The van der Waals surface area contributed by atoms with Gasteiger partial charge in [-0.05, 0) is 39.7 Å². The monoisotopic (exact) mass is 297 g/mol. The second-order valence-corrected chi connectivity index (χ2v) is 5.68. The Morgan fingerprint density at radius 1 is 1.19 bits per heavy atom. The van der Waals surface area contributed by atoms with Crippen molar-refractivity contribution in [2.45, 2.75) is 46.1 Å². The number of H-pyrrole nitrogens is 1. The molecule has 0 aliphatic carbocycles. The average Bonchev–Trinajstić information content (AvgIpc) is 2.61. The Hall–Kier alpha value is -2.31. The molecule has 0 bridgehead atoms. The number of aliphatic carboxylic acids is 1. The van der Waals surface area contributed by atoms with Gasteiger partial charge in [-0.25, -0.2) is 9.59 Å². The third kappa shape index (κ3) is 4.34. The molecule has 0 aromatic carbocycles. The Kier molecular flexibility index (Phi) is 4.77. The molecule has 0 unspecified atom stereocenters. The van der Waals surface area contributed by atoms with Crippen LogP contribution in [0, 0.1) is 6.92 Å². The molecule has 21 heavy (non-hydrogen) atoms. The Balaban J connectivity index is 3.17. The fourth-order valence-corrected chi connectivity index (χ4v) is 1.90. The van der Waals surface area contributed by atoms with Gasteiger partial charge in [0.25, 0.3) is 0 Å². The zero-order valence-electron chi connectivity index (χ0n) is 12.4. The van der Waals surface area contributed by atoms with E-state index >= 15 is 0 Å². The van der Waals surface area contributed by atoms with Crippen LogP contribution in [0.25, 0.3) is 0 Å². The van der Waals surface area contributed by atoms with Crippen molar-refractivity contribution in [2.24, 2.45) is 0 Å². The molecule has 116 valence electrons. The third-order valence-corrected chi connectivity index (χ3v) is 2.73. The van der Waals surface area contributed by atoms with E-state index in [0.717, 1.165) is 0 Å². The van der Waals surface area contributed by atoms with E-state index in [1.165, 1.54) is 6.92 Å². The molecule has 0 amide bonds. The molecule has 7 nitrogen and oxygen atoms in total. The van der Waals surface area contributed by atoms with E-state index in [1.54, 1.807) is 20.8 Å². The second-order valence-electron chi connectivity index (χ2n) is 5.68. The number of carboxylic acids is 2. The van der Waals surface area contributed by atoms with Crippen LogP contribution in [0.15, 0.2) is 0 Å². The number of carbonyl (C=O) groups is 3.